The van der Waals surface area contributed by atoms with Crippen LogP contribution in [0.2, 0.25) is 0 Å². The van der Waals surface area contributed by atoms with Gasteiger partial charge in [0.2, 0.25) is 0 Å². The number of rotatable bonds is 6. The van der Waals surface area contributed by atoms with Crippen LogP contribution in [0, 0.1) is 5.92 Å². The number of methoxy groups -OCH3 is 1. The summed E-state index contributed by atoms with van der Waals surface area (Å²) in [6.45, 7) is 4.99. The molecule has 0 bridgehead atoms. The van der Waals surface area contributed by atoms with Gasteiger partial charge >= 0.3 is 0 Å². The number of aromatic nitrogens is 2. The van der Waals surface area contributed by atoms with Crippen LogP contribution in [0.3, 0.4) is 0 Å². The van der Waals surface area contributed by atoms with E-state index in [0.29, 0.717) is 0 Å². The molecular formula is C15H22N4OS. The molecule has 21 heavy (non-hydrogen) atoms. The fourth-order valence-corrected chi connectivity index (χ4v) is 3.69. The van der Waals surface area contributed by atoms with Crippen molar-refractivity contribution in [2.45, 2.75) is 12.8 Å². The first-order valence-electron chi connectivity index (χ1n) is 7.51. The Morgan fingerprint density at radius 1 is 1.38 bits per heavy atom. The third kappa shape index (κ3) is 3.51. The number of nitrogens with zero attached hydrogens (tertiary/aromatic N) is 3. The van der Waals surface area contributed by atoms with Gasteiger partial charge in [0, 0.05) is 26.7 Å². The Hall–Kier alpha value is -1.24. The molecule has 0 saturated carbocycles. The molecule has 114 valence electrons. The molecule has 1 aliphatic rings. The molecule has 6 heteroatoms. The summed E-state index contributed by atoms with van der Waals surface area (Å²) in [5, 5.41) is 5.56. The van der Waals surface area contributed by atoms with Gasteiger partial charge in [-0.1, -0.05) is 0 Å². The molecule has 0 spiro atoms. The second kappa shape index (κ2) is 7.15. The van der Waals surface area contributed by atoms with Gasteiger partial charge < -0.3 is 15.0 Å². The first kappa shape index (κ1) is 14.7. The zero-order valence-electron chi connectivity index (χ0n) is 12.4. The molecule has 2 aromatic heterocycles. The van der Waals surface area contributed by atoms with Gasteiger partial charge in [-0.15, -0.1) is 11.3 Å². The Balaban J connectivity index is 1.55. The average molecular weight is 306 g/mol. The predicted molar refractivity (Wildman–Crippen MR) is 87.1 cm³/mol. The maximum absolute atomic E-state index is 5.06. The van der Waals surface area contributed by atoms with E-state index in [1.807, 2.05) is 0 Å². The Morgan fingerprint density at radius 2 is 2.24 bits per heavy atom. The monoisotopic (exact) mass is 306 g/mol. The first-order valence-corrected chi connectivity index (χ1v) is 8.39. The highest BCUT2D eigenvalue weighted by Gasteiger charge is 2.21. The molecule has 3 heterocycles. The number of anilines is 1. The van der Waals surface area contributed by atoms with Gasteiger partial charge in [-0.3, -0.25) is 0 Å². The van der Waals surface area contributed by atoms with Crippen LogP contribution in [-0.2, 0) is 4.74 Å². The molecule has 0 radical (unpaired) electrons. The third-order valence-corrected chi connectivity index (χ3v) is 4.95. The van der Waals surface area contributed by atoms with Crippen molar-refractivity contribution >= 4 is 27.4 Å². The minimum atomic E-state index is 0.763. The van der Waals surface area contributed by atoms with Crippen molar-refractivity contribution in [2.24, 2.45) is 5.92 Å². The number of hydrogen-bond donors (Lipinski definition) is 1. The Morgan fingerprint density at radius 3 is 3.05 bits per heavy atom. The fraction of sp³-hybridized carbons (Fsp3) is 0.600. The number of nitrogens with one attached hydrogen (secondary N) is 1. The van der Waals surface area contributed by atoms with Crippen molar-refractivity contribution in [3.8, 4) is 0 Å². The van der Waals surface area contributed by atoms with Gasteiger partial charge in [-0.2, -0.15) is 0 Å². The van der Waals surface area contributed by atoms with Gasteiger partial charge in [0.25, 0.3) is 0 Å². The highest BCUT2D eigenvalue weighted by atomic mass is 32.1. The summed E-state index contributed by atoms with van der Waals surface area (Å²) in [6.07, 6.45) is 4.12. The second-order valence-corrected chi connectivity index (χ2v) is 6.38. The highest BCUT2D eigenvalue weighted by Crippen LogP contribution is 2.30. The van der Waals surface area contributed by atoms with E-state index in [-0.39, 0.29) is 0 Å². The Kier molecular flexibility index (Phi) is 5.00. The minimum absolute atomic E-state index is 0.763. The average Bonchev–Trinajstić information content (AvgIpc) is 3.01. The molecule has 2 aromatic rings. The summed E-state index contributed by atoms with van der Waals surface area (Å²) in [6, 6.07) is 2.07. The molecule has 1 aliphatic heterocycles. The van der Waals surface area contributed by atoms with Crippen molar-refractivity contribution in [3.05, 3.63) is 17.8 Å². The van der Waals surface area contributed by atoms with Crippen LogP contribution in [0.25, 0.3) is 10.2 Å². The van der Waals surface area contributed by atoms with Crippen LogP contribution in [0.1, 0.15) is 12.8 Å². The molecule has 3 rings (SSSR count). The van der Waals surface area contributed by atoms with Crippen LogP contribution in [-0.4, -0.2) is 49.9 Å². The normalized spacial score (nSPS) is 16.7. The number of fused-ring (bicyclic) bond motifs is 1. The van der Waals surface area contributed by atoms with E-state index in [0.717, 1.165) is 50.0 Å². The lowest BCUT2D eigenvalue weighted by molar-refractivity contribution is 0.197. The predicted octanol–water partition coefficient (Wildman–Crippen LogP) is 2.14. The van der Waals surface area contributed by atoms with Crippen LogP contribution < -0.4 is 10.2 Å². The SMILES string of the molecule is COCCNCC1CCN(c2ncnc3ccsc23)CC1. The standard InChI is InChI=1S/C15H22N4OS/c1-20-8-5-16-10-12-2-6-19(7-3-12)15-14-13(4-9-21-14)17-11-18-15/h4,9,11-12,16H,2-3,5-8,10H2,1H3. The summed E-state index contributed by atoms with van der Waals surface area (Å²) < 4.78 is 6.27. The molecule has 0 aliphatic carbocycles. The van der Waals surface area contributed by atoms with Crippen molar-refractivity contribution in [3.63, 3.8) is 0 Å². The van der Waals surface area contributed by atoms with Crippen LogP contribution in [0.4, 0.5) is 5.82 Å². The van der Waals surface area contributed by atoms with E-state index in [1.54, 1.807) is 24.8 Å². The van der Waals surface area contributed by atoms with E-state index in [1.165, 1.54) is 17.5 Å². The lowest BCUT2D eigenvalue weighted by Crippen LogP contribution is -2.38. The van der Waals surface area contributed by atoms with E-state index in [9.17, 15) is 0 Å². The molecule has 1 N–H and O–H groups in total. The fourth-order valence-electron chi connectivity index (χ4n) is 2.83. The molecule has 5 nitrogen and oxygen atoms in total. The zero-order chi connectivity index (χ0) is 14.5. The zero-order valence-corrected chi connectivity index (χ0v) is 13.2. The quantitative estimate of drug-likeness (QED) is 0.829. The first-order chi connectivity index (χ1) is 10.4. The lowest BCUT2D eigenvalue weighted by atomic mass is 9.97. The third-order valence-electron chi connectivity index (χ3n) is 4.05. The van der Waals surface area contributed by atoms with Crippen molar-refractivity contribution in [1.82, 2.24) is 15.3 Å². The highest BCUT2D eigenvalue weighted by molar-refractivity contribution is 7.17. The van der Waals surface area contributed by atoms with Crippen LogP contribution >= 0.6 is 11.3 Å². The largest absolute Gasteiger partial charge is 0.383 e. The van der Waals surface area contributed by atoms with E-state index < -0.39 is 0 Å². The van der Waals surface area contributed by atoms with Gasteiger partial charge in [0.15, 0.2) is 0 Å². The molecule has 0 atom stereocenters. The van der Waals surface area contributed by atoms with E-state index >= 15 is 0 Å². The van der Waals surface area contributed by atoms with Gasteiger partial charge in [0.05, 0.1) is 16.8 Å². The maximum atomic E-state index is 5.06. The van der Waals surface area contributed by atoms with E-state index in [4.69, 9.17) is 4.74 Å². The summed E-state index contributed by atoms with van der Waals surface area (Å²) in [5.74, 6) is 1.87. The van der Waals surface area contributed by atoms with Crippen molar-refractivity contribution in [2.75, 3.05) is 44.8 Å². The minimum Gasteiger partial charge on any atom is -0.383 e. The van der Waals surface area contributed by atoms with Crippen LogP contribution in [0.5, 0.6) is 0 Å². The lowest BCUT2D eigenvalue weighted by Gasteiger charge is -2.33. The number of hydrogen-bond acceptors (Lipinski definition) is 6. The van der Waals surface area contributed by atoms with E-state index in [2.05, 4.69) is 31.6 Å². The Bertz CT molecular complexity index is 566. The van der Waals surface area contributed by atoms with Gasteiger partial charge in [-0.25, -0.2) is 9.97 Å². The number of ether oxygens (including phenoxy) is 1. The molecule has 0 unspecified atom stereocenters. The molecule has 1 saturated heterocycles. The molecule has 1 fully saturated rings. The smallest absolute Gasteiger partial charge is 0.150 e. The van der Waals surface area contributed by atoms with Gasteiger partial charge in [-0.05, 0) is 36.8 Å². The topological polar surface area (TPSA) is 50.3 Å². The maximum Gasteiger partial charge on any atom is 0.150 e. The molecular weight excluding hydrogens is 284 g/mol. The Labute approximate surface area is 129 Å². The summed E-state index contributed by atoms with van der Waals surface area (Å²) >= 11 is 1.73. The van der Waals surface area contributed by atoms with Crippen molar-refractivity contribution < 1.29 is 4.74 Å². The number of piperidine rings is 1. The number of thiophene rings is 1. The summed E-state index contributed by atoms with van der Waals surface area (Å²) in [4.78, 5) is 11.2. The van der Waals surface area contributed by atoms with Crippen LogP contribution in [0.15, 0.2) is 17.8 Å². The van der Waals surface area contributed by atoms with Gasteiger partial charge in [0.1, 0.15) is 12.1 Å². The summed E-state index contributed by atoms with van der Waals surface area (Å²) in [7, 11) is 1.74. The second-order valence-electron chi connectivity index (χ2n) is 5.46. The molecule has 0 amide bonds. The molecule has 0 aromatic carbocycles. The summed E-state index contributed by atoms with van der Waals surface area (Å²) in [5.41, 5.74) is 1.06. The van der Waals surface area contributed by atoms with Crippen molar-refractivity contribution in [1.29, 1.82) is 0 Å².